The zero-order valence-corrected chi connectivity index (χ0v) is 45.1. The smallest absolute Gasteiger partial charge is 0.0664 e. The van der Waals surface area contributed by atoms with Gasteiger partial charge in [-0.1, -0.05) is 282 Å². The van der Waals surface area contributed by atoms with Crippen LogP contribution in [0, 0.1) is 20.8 Å². The van der Waals surface area contributed by atoms with Crippen LogP contribution in [-0.2, 0) is 0 Å². The van der Waals surface area contributed by atoms with Gasteiger partial charge >= 0.3 is 0 Å². The standard InChI is InChI=1S/C79H55B/c1-50-42-51(2)79(52(3)43-50)80-72-37-23-22-36-62(72)69-48-70(76-67(57-32-18-8-19-33-57)46-61(54-26-12-5-13-27-54)47-68(76)58-34-20-9-21-35-58)64-41-39-59-38-40-63(71-49-73(80)77(69)78(64)74(59)71)75-65(55-28-14-6-15-29-55)44-60(53-24-10-4-11-25-53)45-66(75)56-30-16-7-17-31-56/h4-49H,1-3H3. The highest BCUT2D eigenvalue weighted by Crippen LogP contribution is 2.53. The molecule has 14 aromatic carbocycles. The van der Waals surface area contributed by atoms with Gasteiger partial charge in [-0.15, -0.1) is 0 Å². The SMILES string of the molecule is Cc1cc(C)c(B2c3ccccc3-c3cc(-c4c(-c5ccccc5)cc(-c5ccccc5)cc4-c4ccccc4)c4ccc5ccc(-c6c(-c7ccccc7)cc(-c7ccccc7)cc6-c6ccccc6)c6cc2c3c4c56)c(C)c1. The first-order valence-electron chi connectivity index (χ1n) is 28.1. The van der Waals surface area contributed by atoms with Crippen molar-refractivity contribution in [2.24, 2.45) is 0 Å². The van der Waals surface area contributed by atoms with Crippen molar-refractivity contribution in [2.75, 3.05) is 0 Å². The van der Waals surface area contributed by atoms with Crippen molar-refractivity contribution in [3.8, 4) is 100 Å². The molecule has 80 heavy (non-hydrogen) atoms. The maximum atomic E-state index is 2.63. The van der Waals surface area contributed by atoms with Crippen LogP contribution < -0.4 is 16.4 Å². The summed E-state index contributed by atoms with van der Waals surface area (Å²) >= 11 is 0. The van der Waals surface area contributed by atoms with Crippen molar-refractivity contribution in [2.45, 2.75) is 20.8 Å². The zero-order valence-electron chi connectivity index (χ0n) is 45.1. The summed E-state index contributed by atoms with van der Waals surface area (Å²) in [6.45, 7) is 6.88. The Morgan fingerprint density at radius 2 is 0.650 bits per heavy atom. The monoisotopic (exact) mass is 1010 g/mol. The van der Waals surface area contributed by atoms with Crippen LogP contribution in [0.3, 0.4) is 0 Å². The summed E-state index contributed by atoms with van der Waals surface area (Å²) in [6.07, 6.45) is 0. The Bertz CT molecular complexity index is 4530. The van der Waals surface area contributed by atoms with Crippen LogP contribution in [0.1, 0.15) is 16.7 Å². The molecule has 1 heterocycles. The maximum Gasteiger partial charge on any atom is 0.243 e. The van der Waals surface area contributed by atoms with E-state index < -0.39 is 0 Å². The van der Waals surface area contributed by atoms with E-state index in [0.29, 0.717) is 0 Å². The molecule has 1 aliphatic heterocycles. The summed E-state index contributed by atoms with van der Waals surface area (Å²) in [5, 5.41) is 7.71. The molecule has 1 aliphatic rings. The van der Waals surface area contributed by atoms with Crippen LogP contribution in [0.5, 0.6) is 0 Å². The first-order valence-corrected chi connectivity index (χ1v) is 28.1. The normalized spacial score (nSPS) is 11.9. The summed E-state index contributed by atoms with van der Waals surface area (Å²) in [5.74, 6) is 0. The Morgan fingerprint density at radius 3 is 1.12 bits per heavy atom. The predicted molar refractivity (Wildman–Crippen MR) is 344 cm³/mol. The summed E-state index contributed by atoms with van der Waals surface area (Å²) < 4.78 is 0. The molecule has 0 N–H and O–H groups in total. The highest BCUT2D eigenvalue weighted by atomic mass is 14.3. The van der Waals surface area contributed by atoms with Crippen molar-refractivity contribution < 1.29 is 0 Å². The average Bonchev–Trinajstić information content (AvgIpc) is 2.58. The summed E-state index contributed by atoms with van der Waals surface area (Å²) in [4.78, 5) is 0. The molecule has 374 valence electrons. The van der Waals surface area contributed by atoms with Gasteiger partial charge in [-0.05, 0) is 184 Å². The Balaban J connectivity index is 1.14. The number of rotatable bonds is 9. The van der Waals surface area contributed by atoms with Crippen LogP contribution >= 0.6 is 0 Å². The van der Waals surface area contributed by atoms with E-state index in [9.17, 15) is 0 Å². The molecule has 0 radical (unpaired) electrons. The van der Waals surface area contributed by atoms with E-state index in [1.807, 2.05) is 0 Å². The summed E-state index contributed by atoms with van der Waals surface area (Å²) in [5.41, 5.74) is 29.9. The lowest BCUT2D eigenvalue weighted by molar-refractivity contribution is 1.35. The van der Waals surface area contributed by atoms with Crippen molar-refractivity contribution in [1.82, 2.24) is 0 Å². The van der Waals surface area contributed by atoms with E-state index in [-0.39, 0.29) is 6.71 Å². The van der Waals surface area contributed by atoms with Crippen molar-refractivity contribution in [3.63, 3.8) is 0 Å². The van der Waals surface area contributed by atoms with E-state index in [1.165, 1.54) is 166 Å². The van der Waals surface area contributed by atoms with Crippen LogP contribution in [-0.4, -0.2) is 6.71 Å². The lowest BCUT2D eigenvalue weighted by atomic mass is 9.32. The largest absolute Gasteiger partial charge is 0.243 e. The third-order valence-corrected chi connectivity index (χ3v) is 17.2. The van der Waals surface area contributed by atoms with E-state index >= 15 is 0 Å². The third kappa shape index (κ3) is 7.76. The minimum atomic E-state index is -0.0163. The van der Waals surface area contributed by atoms with Gasteiger partial charge in [0.1, 0.15) is 0 Å². The zero-order chi connectivity index (χ0) is 53.4. The second-order valence-corrected chi connectivity index (χ2v) is 22.0. The molecule has 15 rings (SSSR count). The average molecular weight is 1020 g/mol. The number of aryl methyl sites for hydroxylation is 3. The van der Waals surface area contributed by atoms with Gasteiger partial charge in [0.25, 0.3) is 0 Å². The fourth-order valence-corrected chi connectivity index (χ4v) is 13.9. The molecular formula is C79H55B. The maximum absolute atomic E-state index is 2.63. The Morgan fingerprint density at radius 1 is 0.237 bits per heavy atom. The van der Waals surface area contributed by atoms with Crippen LogP contribution in [0.15, 0.2) is 279 Å². The second-order valence-electron chi connectivity index (χ2n) is 22.0. The lowest BCUT2D eigenvalue weighted by Crippen LogP contribution is -2.56. The molecule has 14 aromatic rings. The van der Waals surface area contributed by atoms with Gasteiger partial charge in [-0.2, -0.15) is 0 Å². The molecule has 0 amide bonds. The van der Waals surface area contributed by atoms with E-state index in [2.05, 4.69) is 300 Å². The van der Waals surface area contributed by atoms with Gasteiger partial charge in [0.15, 0.2) is 0 Å². The molecule has 0 aliphatic carbocycles. The molecule has 0 atom stereocenters. The van der Waals surface area contributed by atoms with Gasteiger partial charge < -0.3 is 0 Å². The predicted octanol–water partition coefficient (Wildman–Crippen LogP) is 19.3. The lowest BCUT2D eigenvalue weighted by Gasteiger charge is -2.32. The van der Waals surface area contributed by atoms with Crippen molar-refractivity contribution >= 4 is 55.4 Å². The van der Waals surface area contributed by atoms with Crippen LogP contribution in [0.2, 0.25) is 0 Å². The molecule has 1 heteroatoms. The Labute approximate surface area is 469 Å². The molecule has 0 fully saturated rings. The number of benzene rings is 14. The minimum Gasteiger partial charge on any atom is -0.0664 e. The Hall–Kier alpha value is -9.82. The quantitative estimate of drug-likeness (QED) is 0.0998. The van der Waals surface area contributed by atoms with Gasteiger partial charge in [-0.3, -0.25) is 0 Å². The molecular weight excluding hydrogens is 960 g/mol. The third-order valence-electron chi connectivity index (χ3n) is 17.2. The minimum absolute atomic E-state index is 0.0163. The van der Waals surface area contributed by atoms with Gasteiger partial charge in [-0.25, -0.2) is 0 Å². The topological polar surface area (TPSA) is 0 Å². The first kappa shape index (κ1) is 47.4. The van der Waals surface area contributed by atoms with E-state index in [1.54, 1.807) is 0 Å². The van der Waals surface area contributed by atoms with Crippen LogP contribution in [0.25, 0.3) is 132 Å². The summed E-state index contributed by atoms with van der Waals surface area (Å²) in [6, 6.07) is 105. The summed E-state index contributed by atoms with van der Waals surface area (Å²) in [7, 11) is 0. The van der Waals surface area contributed by atoms with Crippen molar-refractivity contribution in [1.29, 1.82) is 0 Å². The van der Waals surface area contributed by atoms with Gasteiger partial charge in [0, 0.05) is 0 Å². The molecule has 0 saturated heterocycles. The highest BCUT2D eigenvalue weighted by molar-refractivity contribution is 6.99. The first-order chi connectivity index (χ1) is 39.4. The Kier molecular flexibility index (Phi) is 11.4. The molecule has 0 bridgehead atoms. The number of fused-ring (bicyclic) bond motifs is 2. The fraction of sp³-hybridized carbons (Fsp3) is 0.0380. The van der Waals surface area contributed by atoms with Crippen LogP contribution in [0.4, 0.5) is 0 Å². The van der Waals surface area contributed by atoms with Gasteiger partial charge in [0.05, 0.1) is 0 Å². The molecule has 0 spiro atoms. The molecule has 0 aromatic heterocycles. The number of hydrogen-bond acceptors (Lipinski definition) is 0. The molecule has 0 unspecified atom stereocenters. The highest BCUT2D eigenvalue weighted by Gasteiger charge is 2.37. The number of hydrogen-bond donors (Lipinski definition) is 0. The van der Waals surface area contributed by atoms with E-state index in [0.717, 1.165) is 0 Å². The fourth-order valence-electron chi connectivity index (χ4n) is 13.9. The van der Waals surface area contributed by atoms with Crippen molar-refractivity contribution in [3.05, 3.63) is 296 Å². The second kappa shape index (κ2) is 19.3. The van der Waals surface area contributed by atoms with E-state index in [4.69, 9.17) is 0 Å². The molecule has 0 saturated carbocycles. The molecule has 0 nitrogen and oxygen atoms in total. The van der Waals surface area contributed by atoms with Gasteiger partial charge in [0.2, 0.25) is 6.71 Å².